The molecular formula is C22H24N2O4. The van der Waals surface area contributed by atoms with E-state index < -0.39 is 0 Å². The van der Waals surface area contributed by atoms with Crippen molar-refractivity contribution in [1.29, 1.82) is 0 Å². The average Bonchev–Trinajstić information content (AvgIpc) is 3.11. The van der Waals surface area contributed by atoms with Gasteiger partial charge in [0.2, 0.25) is 5.91 Å². The second kappa shape index (κ2) is 7.46. The normalized spacial score (nSPS) is 15.8. The summed E-state index contributed by atoms with van der Waals surface area (Å²) in [5.74, 6) is 2.19. The van der Waals surface area contributed by atoms with E-state index in [1.165, 1.54) is 0 Å². The van der Waals surface area contributed by atoms with E-state index in [0.717, 1.165) is 27.9 Å². The van der Waals surface area contributed by atoms with Gasteiger partial charge in [0.05, 0.1) is 32.4 Å². The van der Waals surface area contributed by atoms with Crippen LogP contribution in [-0.4, -0.2) is 37.3 Å². The highest BCUT2D eigenvalue weighted by atomic mass is 16.5. The number of amides is 1. The first-order valence-corrected chi connectivity index (χ1v) is 9.47. The lowest BCUT2D eigenvalue weighted by molar-refractivity contribution is -0.118. The van der Waals surface area contributed by atoms with E-state index in [1.807, 2.05) is 56.4 Å². The predicted molar refractivity (Wildman–Crippen MR) is 109 cm³/mol. The van der Waals surface area contributed by atoms with Gasteiger partial charge < -0.3 is 24.1 Å². The second-order valence-electron chi connectivity index (χ2n) is 6.87. The number of hydrogen-bond donors (Lipinski definition) is 1. The van der Waals surface area contributed by atoms with Crippen molar-refractivity contribution >= 4 is 22.5 Å². The molecule has 0 bridgehead atoms. The Morgan fingerprint density at radius 1 is 1.32 bits per heavy atom. The lowest BCUT2D eigenvalue weighted by atomic mass is 10.1. The van der Waals surface area contributed by atoms with Crippen LogP contribution in [0.25, 0.3) is 10.9 Å². The highest BCUT2D eigenvalue weighted by Gasteiger charge is 2.28. The molecule has 1 aromatic heterocycles. The molecular weight excluding hydrogens is 356 g/mol. The van der Waals surface area contributed by atoms with E-state index in [9.17, 15) is 4.79 Å². The van der Waals surface area contributed by atoms with Gasteiger partial charge >= 0.3 is 0 Å². The summed E-state index contributed by atoms with van der Waals surface area (Å²) >= 11 is 0. The van der Waals surface area contributed by atoms with Crippen LogP contribution >= 0.6 is 0 Å². The number of methoxy groups -OCH3 is 1. The quantitative estimate of drug-likeness (QED) is 0.728. The SMILES string of the molecule is CCOc1cccc2[nH]cc(CC(=O)N3CC(C)Oc4ccc(OC)cc43)c12. The van der Waals surface area contributed by atoms with E-state index in [2.05, 4.69) is 4.98 Å². The molecule has 0 fully saturated rings. The van der Waals surface area contributed by atoms with Gasteiger partial charge in [-0.1, -0.05) is 6.07 Å². The first-order chi connectivity index (χ1) is 13.6. The summed E-state index contributed by atoms with van der Waals surface area (Å²) in [4.78, 5) is 18.3. The molecule has 0 aliphatic carbocycles. The molecule has 0 saturated carbocycles. The number of aromatic nitrogens is 1. The van der Waals surface area contributed by atoms with Crippen LogP contribution in [0.5, 0.6) is 17.2 Å². The summed E-state index contributed by atoms with van der Waals surface area (Å²) in [6.07, 6.45) is 2.08. The van der Waals surface area contributed by atoms with Gasteiger partial charge in [-0.25, -0.2) is 0 Å². The Hall–Kier alpha value is -3.15. The van der Waals surface area contributed by atoms with Crippen LogP contribution in [-0.2, 0) is 11.2 Å². The summed E-state index contributed by atoms with van der Waals surface area (Å²) in [6, 6.07) is 11.4. The highest BCUT2D eigenvalue weighted by molar-refractivity contribution is 6.00. The Morgan fingerprint density at radius 2 is 2.18 bits per heavy atom. The molecule has 1 aliphatic rings. The highest BCUT2D eigenvalue weighted by Crippen LogP contribution is 2.37. The maximum Gasteiger partial charge on any atom is 0.231 e. The third kappa shape index (κ3) is 3.26. The maximum absolute atomic E-state index is 13.3. The Balaban J connectivity index is 1.67. The van der Waals surface area contributed by atoms with Gasteiger partial charge in [-0.05, 0) is 43.7 Å². The number of carbonyl (C=O) groups excluding carboxylic acids is 1. The molecule has 146 valence electrons. The molecule has 6 heteroatoms. The number of anilines is 1. The number of aromatic amines is 1. The molecule has 0 radical (unpaired) electrons. The van der Waals surface area contributed by atoms with Crippen molar-refractivity contribution in [2.24, 2.45) is 0 Å². The average molecular weight is 380 g/mol. The smallest absolute Gasteiger partial charge is 0.231 e. The van der Waals surface area contributed by atoms with Crippen molar-refractivity contribution in [3.05, 3.63) is 48.2 Å². The summed E-state index contributed by atoms with van der Waals surface area (Å²) in [6.45, 7) is 4.99. The van der Waals surface area contributed by atoms with E-state index in [-0.39, 0.29) is 18.4 Å². The van der Waals surface area contributed by atoms with E-state index in [1.54, 1.807) is 12.0 Å². The molecule has 2 aromatic carbocycles. The summed E-state index contributed by atoms with van der Waals surface area (Å²) < 4.78 is 17.0. The van der Waals surface area contributed by atoms with E-state index >= 15 is 0 Å². The maximum atomic E-state index is 13.3. The Labute approximate surface area is 164 Å². The lowest BCUT2D eigenvalue weighted by Gasteiger charge is -2.33. The molecule has 1 N–H and O–H groups in total. The zero-order valence-electron chi connectivity index (χ0n) is 16.3. The number of nitrogens with zero attached hydrogens (tertiary/aromatic N) is 1. The van der Waals surface area contributed by atoms with Gasteiger partial charge in [-0.2, -0.15) is 0 Å². The predicted octanol–water partition coefficient (Wildman–Crippen LogP) is 3.93. The molecule has 3 aromatic rings. The molecule has 1 aliphatic heterocycles. The van der Waals surface area contributed by atoms with Gasteiger partial charge in [0.25, 0.3) is 0 Å². The minimum Gasteiger partial charge on any atom is -0.497 e. The number of fused-ring (bicyclic) bond motifs is 2. The number of rotatable bonds is 5. The van der Waals surface area contributed by atoms with Crippen molar-refractivity contribution < 1.29 is 19.0 Å². The molecule has 4 rings (SSSR count). The number of nitrogens with one attached hydrogen (secondary N) is 1. The topological polar surface area (TPSA) is 63.8 Å². The van der Waals surface area contributed by atoms with Gasteiger partial charge in [0.15, 0.2) is 0 Å². The summed E-state index contributed by atoms with van der Waals surface area (Å²) in [5, 5.41) is 0.963. The van der Waals surface area contributed by atoms with Crippen molar-refractivity contribution in [1.82, 2.24) is 4.98 Å². The van der Waals surface area contributed by atoms with Crippen LogP contribution in [0.4, 0.5) is 5.69 Å². The standard InChI is InChI=1S/C22H24N2O4/c1-4-27-20-7-5-6-17-22(20)15(12-23-17)10-21(25)24-13-14(2)28-19-9-8-16(26-3)11-18(19)24/h5-9,11-12,14,23H,4,10,13H2,1-3H3. The molecule has 1 amide bonds. The van der Waals surface area contributed by atoms with Crippen molar-refractivity contribution in [2.45, 2.75) is 26.4 Å². The fourth-order valence-electron chi connectivity index (χ4n) is 3.67. The van der Waals surface area contributed by atoms with Crippen LogP contribution in [0.15, 0.2) is 42.6 Å². The van der Waals surface area contributed by atoms with Crippen LogP contribution in [0, 0.1) is 0 Å². The zero-order valence-corrected chi connectivity index (χ0v) is 16.3. The second-order valence-corrected chi connectivity index (χ2v) is 6.87. The third-order valence-corrected chi connectivity index (χ3v) is 4.92. The molecule has 0 saturated heterocycles. The molecule has 0 spiro atoms. The van der Waals surface area contributed by atoms with Gasteiger partial charge in [-0.15, -0.1) is 0 Å². The Bertz CT molecular complexity index is 1010. The zero-order chi connectivity index (χ0) is 19.7. The largest absolute Gasteiger partial charge is 0.497 e. The van der Waals surface area contributed by atoms with Crippen LogP contribution in [0.3, 0.4) is 0 Å². The lowest BCUT2D eigenvalue weighted by Crippen LogP contribution is -2.43. The fraction of sp³-hybridized carbons (Fsp3) is 0.318. The first-order valence-electron chi connectivity index (χ1n) is 9.47. The molecule has 1 unspecified atom stereocenters. The van der Waals surface area contributed by atoms with Crippen LogP contribution in [0.1, 0.15) is 19.4 Å². The number of benzene rings is 2. The molecule has 1 atom stereocenters. The number of ether oxygens (including phenoxy) is 3. The number of carbonyl (C=O) groups is 1. The monoisotopic (exact) mass is 380 g/mol. The Morgan fingerprint density at radius 3 is 2.96 bits per heavy atom. The number of hydrogen-bond acceptors (Lipinski definition) is 4. The summed E-state index contributed by atoms with van der Waals surface area (Å²) in [7, 11) is 1.61. The molecule has 2 heterocycles. The van der Waals surface area contributed by atoms with E-state index in [0.29, 0.717) is 24.7 Å². The van der Waals surface area contributed by atoms with Gasteiger partial charge in [0, 0.05) is 23.2 Å². The van der Waals surface area contributed by atoms with Crippen LogP contribution < -0.4 is 19.1 Å². The molecule has 6 nitrogen and oxygen atoms in total. The molecule has 28 heavy (non-hydrogen) atoms. The number of H-pyrrole nitrogens is 1. The van der Waals surface area contributed by atoms with E-state index in [4.69, 9.17) is 14.2 Å². The van der Waals surface area contributed by atoms with Crippen LogP contribution in [0.2, 0.25) is 0 Å². The Kier molecular flexibility index (Phi) is 4.86. The van der Waals surface area contributed by atoms with Crippen molar-refractivity contribution in [3.8, 4) is 17.2 Å². The van der Waals surface area contributed by atoms with Gasteiger partial charge in [-0.3, -0.25) is 4.79 Å². The first kappa shape index (κ1) is 18.2. The van der Waals surface area contributed by atoms with Crippen molar-refractivity contribution in [3.63, 3.8) is 0 Å². The van der Waals surface area contributed by atoms with Crippen molar-refractivity contribution in [2.75, 3.05) is 25.2 Å². The van der Waals surface area contributed by atoms with Gasteiger partial charge in [0.1, 0.15) is 23.4 Å². The summed E-state index contributed by atoms with van der Waals surface area (Å²) in [5.41, 5.74) is 2.63. The third-order valence-electron chi connectivity index (χ3n) is 4.92. The minimum absolute atomic E-state index is 0.0110. The fourth-order valence-corrected chi connectivity index (χ4v) is 3.67. The minimum atomic E-state index is -0.0770.